The minimum Gasteiger partial charge on any atom is -0.495 e. The van der Waals surface area contributed by atoms with Gasteiger partial charge in [0.1, 0.15) is 5.75 Å². The molecule has 0 spiro atoms. The van der Waals surface area contributed by atoms with Crippen LogP contribution >= 0.6 is 11.6 Å². The second kappa shape index (κ2) is 8.52. The summed E-state index contributed by atoms with van der Waals surface area (Å²) < 4.78 is 48.7. The number of alkyl halides is 3. The number of nitrogens with one attached hydrogen (secondary N) is 1. The van der Waals surface area contributed by atoms with Crippen molar-refractivity contribution in [1.82, 2.24) is 10.1 Å². The third kappa shape index (κ3) is 5.26. The number of hydrogen-bond acceptors (Lipinski definition) is 5. The number of nitrogens with zero attached hydrogens (tertiary/aromatic N) is 2. The van der Waals surface area contributed by atoms with Gasteiger partial charge in [0.2, 0.25) is 17.6 Å². The smallest absolute Gasteiger partial charge is 0.416 e. The largest absolute Gasteiger partial charge is 0.495 e. The highest BCUT2D eigenvalue weighted by Gasteiger charge is 2.30. The lowest BCUT2D eigenvalue weighted by Crippen LogP contribution is -2.13. The number of aryl methyl sites for hydroxylation is 1. The summed E-state index contributed by atoms with van der Waals surface area (Å²) in [6.07, 6.45) is -4.34. The van der Waals surface area contributed by atoms with Crippen LogP contribution in [0.1, 0.15) is 17.9 Å². The second-order valence-electron chi connectivity index (χ2n) is 5.98. The van der Waals surface area contributed by atoms with Gasteiger partial charge in [-0.25, -0.2) is 0 Å². The summed E-state index contributed by atoms with van der Waals surface area (Å²) in [4.78, 5) is 16.2. The summed E-state index contributed by atoms with van der Waals surface area (Å²) in [6.45, 7) is 0. The number of aromatic nitrogens is 2. The molecule has 0 unspecified atom stereocenters. The molecule has 0 aliphatic carbocycles. The van der Waals surface area contributed by atoms with Gasteiger partial charge in [0.25, 0.3) is 0 Å². The Morgan fingerprint density at radius 2 is 2.03 bits per heavy atom. The van der Waals surface area contributed by atoms with Gasteiger partial charge in [0, 0.05) is 23.4 Å². The monoisotopic (exact) mass is 425 g/mol. The third-order valence-corrected chi connectivity index (χ3v) is 4.15. The van der Waals surface area contributed by atoms with E-state index in [9.17, 15) is 18.0 Å². The molecular weight excluding hydrogens is 411 g/mol. The van der Waals surface area contributed by atoms with Gasteiger partial charge in [-0.1, -0.05) is 28.9 Å². The molecule has 0 saturated carbocycles. The van der Waals surface area contributed by atoms with Crippen molar-refractivity contribution in [1.29, 1.82) is 0 Å². The quantitative estimate of drug-likeness (QED) is 0.602. The van der Waals surface area contributed by atoms with Crippen LogP contribution in [-0.4, -0.2) is 23.2 Å². The summed E-state index contributed by atoms with van der Waals surface area (Å²) in [6, 6.07) is 9.41. The average Bonchev–Trinajstić information content (AvgIpc) is 3.15. The molecular formula is C19H15ClF3N3O3. The number of methoxy groups -OCH3 is 1. The number of amides is 1. The van der Waals surface area contributed by atoms with E-state index in [4.69, 9.17) is 20.9 Å². The normalized spacial score (nSPS) is 11.3. The number of halogens is 4. The Labute approximate surface area is 168 Å². The van der Waals surface area contributed by atoms with Gasteiger partial charge in [-0.2, -0.15) is 18.2 Å². The van der Waals surface area contributed by atoms with Crippen molar-refractivity contribution in [3.63, 3.8) is 0 Å². The molecule has 1 amide bonds. The summed E-state index contributed by atoms with van der Waals surface area (Å²) in [5, 5.41) is 6.79. The number of benzene rings is 2. The molecule has 6 nitrogen and oxygen atoms in total. The van der Waals surface area contributed by atoms with Crippen molar-refractivity contribution >= 4 is 23.2 Å². The first-order valence-corrected chi connectivity index (χ1v) is 8.77. The minimum atomic E-state index is -4.47. The molecule has 3 rings (SSSR count). The highest BCUT2D eigenvalue weighted by atomic mass is 35.5. The average molecular weight is 426 g/mol. The van der Waals surface area contributed by atoms with Crippen LogP contribution in [0.2, 0.25) is 5.02 Å². The molecule has 10 heteroatoms. The Morgan fingerprint density at radius 3 is 2.76 bits per heavy atom. The molecule has 0 saturated heterocycles. The molecule has 1 aromatic heterocycles. The Hall–Kier alpha value is -3.07. The number of anilines is 1. The van der Waals surface area contributed by atoms with Crippen LogP contribution in [-0.2, 0) is 17.4 Å². The van der Waals surface area contributed by atoms with Gasteiger partial charge in [-0.3, -0.25) is 4.79 Å². The first-order chi connectivity index (χ1) is 13.8. The Bertz CT molecular complexity index is 1020. The van der Waals surface area contributed by atoms with Crippen LogP contribution in [0.15, 0.2) is 47.0 Å². The van der Waals surface area contributed by atoms with Crippen LogP contribution in [0.3, 0.4) is 0 Å². The Balaban J connectivity index is 1.64. The molecule has 0 aliphatic heterocycles. The highest BCUT2D eigenvalue weighted by Crippen LogP contribution is 2.31. The van der Waals surface area contributed by atoms with Crippen molar-refractivity contribution in [3.8, 4) is 17.1 Å². The maximum atomic E-state index is 12.8. The van der Waals surface area contributed by atoms with Crippen molar-refractivity contribution in [2.75, 3.05) is 12.4 Å². The first-order valence-electron chi connectivity index (χ1n) is 8.40. The van der Waals surface area contributed by atoms with Gasteiger partial charge >= 0.3 is 6.18 Å². The van der Waals surface area contributed by atoms with Crippen LogP contribution in [0.5, 0.6) is 5.75 Å². The molecule has 0 radical (unpaired) electrons. The van der Waals surface area contributed by atoms with Crippen molar-refractivity contribution in [3.05, 3.63) is 58.9 Å². The van der Waals surface area contributed by atoms with Crippen LogP contribution in [0.4, 0.5) is 18.9 Å². The number of hydrogen-bond donors (Lipinski definition) is 1. The zero-order chi connectivity index (χ0) is 21.0. The minimum absolute atomic E-state index is 0.0138. The van der Waals surface area contributed by atoms with Crippen molar-refractivity contribution in [2.24, 2.45) is 0 Å². The number of ether oxygens (including phenoxy) is 1. The molecule has 0 aliphatic rings. The maximum Gasteiger partial charge on any atom is 0.416 e. The van der Waals surface area contributed by atoms with E-state index in [1.54, 1.807) is 18.2 Å². The van der Waals surface area contributed by atoms with Gasteiger partial charge in [-0.15, -0.1) is 0 Å². The molecule has 0 fully saturated rings. The lowest BCUT2D eigenvalue weighted by Gasteiger charge is -2.10. The summed E-state index contributed by atoms with van der Waals surface area (Å²) in [7, 11) is 1.46. The van der Waals surface area contributed by atoms with Crippen LogP contribution in [0, 0.1) is 0 Å². The van der Waals surface area contributed by atoms with Gasteiger partial charge in [0.15, 0.2) is 0 Å². The van der Waals surface area contributed by atoms with Crippen molar-refractivity contribution in [2.45, 2.75) is 19.0 Å². The predicted molar refractivity (Wildman–Crippen MR) is 99.7 cm³/mol. The van der Waals surface area contributed by atoms with Gasteiger partial charge < -0.3 is 14.6 Å². The van der Waals surface area contributed by atoms with E-state index in [1.165, 1.54) is 19.2 Å². The topological polar surface area (TPSA) is 77.2 Å². The zero-order valence-electron chi connectivity index (χ0n) is 15.1. The maximum absolute atomic E-state index is 12.8. The van der Waals surface area contributed by atoms with Crippen molar-refractivity contribution < 1.29 is 27.2 Å². The Morgan fingerprint density at radius 1 is 1.24 bits per heavy atom. The van der Waals surface area contributed by atoms with E-state index in [0.29, 0.717) is 16.5 Å². The molecule has 2 aromatic carbocycles. The molecule has 0 bridgehead atoms. The highest BCUT2D eigenvalue weighted by molar-refractivity contribution is 6.31. The number of carbonyl (C=O) groups excluding carboxylic acids is 1. The van der Waals surface area contributed by atoms with E-state index < -0.39 is 11.7 Å². The third-order valence-electron chi connectivity index (χ3n) is 3.92. The van der Waals surface area contributed by atoms with Crippen LogP contribution in [0.25, 0.3) is 11.4 Å². The van der Waals surface area contributed by atoms with E-state index >= 15 is 0 Å². The number of carbonyl (C=O) groups is 1. The summed E-state index contributed by atoms with van der Waals surface area (Å²) >= 11 is 5.92. The fourth-order valence-corrected chi connectivity index (χ4v) is 2.69. The van der Waals surface area contributed by atoms with Gasteiger partial charge in [0.05, 0.1) is 18.4 Å². The molecule has 29 heavy (non-hydrogen) atoms. The lowest BCUT2D eigenvalue weighted by atomic mass is 10.1. The molecule has 0 atom stereocenters. The molecule has 1 N–H and O–H groups in total. The van der Waals surface area contributed by atoms with Crippen LogP contribution < -0.4 is 10.1 Å². The predicted octanol–water partition coefficient (Wildman–Crippen LogP) is 4.99. The second-order valence-corrected chi connectivity index (χ2v) is 6.42. The fraction of sp³-hybridized carbons (Fsp3) is 0.211. The van der Waals surface area contributed by atoms with E-state index in [1.807, 2.05) is 0 Å². The summed E-state index contributed by atoms with van der Waals surface area (Å²) in [5.74, 6) is 0.255. The standard InChI is InChI=1S/C19H15ClF3N3O3/c1-28-15-6-5-13(20)10-14(15)24-16(27)7-8-17-25-18(26-29-17)11-3-2-4-12(9-11)19(21,22)23/h2-6,9-10H,7-8H2,1H3,(H,24,27). The zero-order valence-corrected chi connectivity index (χ0v) is 15.8. The number of rotatable bonds is 6. The van der Waals surface area contributed by atoms with E-state index in [-0.39, 0.29) is 36.0 Å². The Kier molecular flexibility index (Phi) is 6.07. The van der Waals surface area contributed by atoms with E-state index in [2.05, 4.69) is 15.5 Å². The molecule has 1 heterocycles. The van der Waals surface area contributed by atoms with Gasteiger partial charge in [-0.05, 0) is 30.3 Å². The van der Waals surface area contributed by atoms with E-state index in [0.717, 1.165) is 12.1 Å². The molecule has 152 valence electrons. The molecule has 3 aromatic rings. The first kappa shape index (κ1) is 20.7. The SMILES string of the molecule is COc1ccc(Cl)cc1NC(=O)CCc1nc(-c2cccc(C(F)(F)F)c2)no1. The lowest BCUT2D eigenvalue weighted by molar-refractivity contribution is -0.137. The fourth-order valence-electron chi connectivity index (χ4n) is 2.52. The summed E-state index contributed by atoms with van der Waals surface area (Å²) in [5.41, 5.74) is -0.223.